The first kappa shape index (κ1) is 22.2. The molecule has 0 fully saturated rings. The number of aromatic nitrogens is 3. The summed E-state index contributed by atoms with van der Waals surface area (Å²) in [5.74, 6) is -0.777. The quantitative estimate of drug-likeness (QED) is 0.601. The molecule has 0 aliphatic rings. The Balaban J connectivity index is 1.99. The Morgan fingerprint density at radius 3 is 2.32 bits per heavy atom. The van der Waals surface area contributed by atoms with Gasteiger partial charge >= 0.3 is 6.18 Å². The summed E-state index contributed by atoms with van der Waals surface area (Å²) in [6, 6.07) is 8.97. The molecule has 31 heavy (non-hydrogen) atoms. The largest absolute Gasteiger partial charge is 0.416 e. The third-order valence-electron chi connectivity index (χ3n) is 4.29. The molecule has 1 heterocycles. The van der Waals surface area contributed by atoms with Crippen LogP contribution in [0.4, 0.5) is 13.2 Å². The fourth-order valence-corrected chi connectivity index (χ4v) is 3.47. The Bertz CT molecular complexity index is 1280. The number of alkyl halides is 3. The lowest BCUT2D eigenvalue weighted by atomic mass is 10.1. The molecule has 7 nitrogen and oxygen atoms in total. The first-order valence-electron chi connectivity index (χ1n) is 8.77. The van der Waals surface area contributed by atoms with Crippen molar-refractivity contribution in [3.05, 3.63) is 65.5 Å². The number of rotatable bonds is 5. The van der Waals surface area contributed by atoms with Crippen molar-refractivity contribution in [2.75, 3.05) is 6.26 Å². The van der Waals surface area contributed by atoms with E-state index < -0.39 is 27.5 Å². The van der Waals surface area contributed by atoms with Crippen LogP contribution < -0.4 is 5.73 Å². The van der Waals surface area contributed by atoms with Crippen LogP contribution in [0.5, 0.6) is 0 Å². The topological polar surface area (TPSA) is 108 Å². The molecule has 0 saturated heterocycles. The number of amides is 1. The molecule has 3 rings (SSSR count). The minimum atomic E-state index is -4.51. The standard InChI is InChI=1S/C20H17F3N4O3S/c1-12-7-14(9-15(8-12)20(21,22)23)19-25-11-27(26-19)10-17(18(24)28)13-3-5-16(6-4-13)31(2,29)30/h3-11H,1-2H3,(H2,24,28)/b17-10+. The van der Waals surface area contributed by atoms with E-state index in [2.05, 4.69) is 10.1 Å². The molecule has 1 aromatic heterocycles. The lowest BCUT2D eigenvalue weighted by Gasteiger charge is -2.09. The Labute approximate surface area is 175 Å². The molecular weight excluding hydrogens is 433 g/mol. The van der Waals surface area contributed by atoms with Crippen LogP contribution in [0.1, 0.15) is 16.7 Å². The molecule has 0 bridgehead atoms. The van der Waals surface area contributed by atoms with Crippen molar-refractivity contribution in [1.29, 1.82) is 0 Å². The van der Waals surface area contributed by atoms with Crippen molar-refractivity contribution in [3.63, 3.8) is 0 Å². The Hall–Kier alpha value is -3.47. The number of sulfone groups is 1. The highest BCUT2D eigenvalue weighted by molar-refractivity contribution is 7.90. The molecule has 11 heteroatoms. The fourth-order valence-electron chi connectivity index (χ4n) is 2.84. The Kier molecular flexibility index (Phi) is 5.72. The average Bonchev–Trinajstić information content (AvgIpc) is 3.13. The van der Waals surface area contributed by atoms with E-state index in [1.807, 2.05) is 0 Å². The van der Waals surface area contributed by atoms with Crippen molar-refractivity contribution in [2.24, 2.45) is 5.73 Å². The molecule has 0 saturated carbocycles. The van der Waals surface area contributed by atoms with E-state index in [0.717, 1.165) is 23.1 Å². The summed E-state index contributed by atoms with van der Waals surface area (Å²) in [5, 5.41) is 4.11. The number of primary amides is 1. The minimum absolute atomic E-state index is 0.0109. The van der Waals surface area contributed by atoms with Crippen LogP contribution in [-0.2, 0) is 20.8 Å². The zero-order valence-corrected chi connectivity index (χ0v) is 17.2. The highest BCUT2D eigenvalue weighted by Gasteiger charge is 2.31. The van der Waals surface area contributed by atoms with Gasteiger partial charge in [0.15, 0.2) is 15.7 Å². The average molecular weight is 450 g/mol. The molecule has 162 valence electrons. The summed E-state index contributed by atoms with van der Waals surface area (Å²) in [4.78, 5) is 16.0. The van der Waals surface area contributed by atoms with Crippen LogP contribution in [0.3, 0.4) is 0 Å². The molecule has 0 atom stereocenters. The van der Waals surface area contributed by atoms with Crippen LogP contribution in [0.25, 0.3) is 23.2 Å². The molecule has 3 aromatic rings. The van der Waals surface area contributed by atoms with E-state index in [-0.39, 0.29) is 21.9 Å². The van der Waals surface area contributed by atoms with Crippen molar-refractivity contribution in [3.8, 4) is 11.4 Å². The van der Waals surface area contributed by atoms with Gasteiger partial charge in [-0.05, 0) is 48.4 Å². The van der Waals surface area contributed by atoms with E-state index in [4.69, 9.17) is 5.73 Å². The zero-order chi connectivity index (χ0) is 23.0. The van der Waals surface area contributed by atoms with Gasteiger partial charge in [-0.2, -0.15) is 13.2 Å². The number of hydrogen-bond donors (Lipinski definition) is 1. The number of aryl methyl sites for hydroxylation is 1. The fraction of sp³-hybridized carbons (Fsp3) is 0.150. The summed E-state index contributed by atoms with van der Waals surface area (Å²) in [7, 11) is -3.41. The third kappa shape index (κ3) is 5.18. The number of benzene rings is 2. The lowest BCUT2D eigenvalue weighted by Crippen LogP contribution is -2.14. The maximum atomic E-state index is 13.1. The van der Waals surface area contributed by atoms with E-state index in [9.17, 15) is 26.4 Å². The SMILES string of the molecule is Cc1cc(-c2ncn(/C=C(/C(N)=O)c3ccc(S(C)(=O)=O)cc3)n2)cc(C(F)(F)F)c1. The van der Waals surface area contributed by atoms with Crippen molar-refractivity contribution < 1.29 is 26.4 Å². The minimum Gasteiger partial charge on any atom is -0.366 e. The van der Waals surface area contributed by atoms with Gasteiger partial charge < -0.3 is 5.73 Å². The predicted octanol–water partition coefficient (Wildman–Crippen LogP) is 3.16. The summed E-state index contributed by atoms with van der Waals surface area (Å²) < 4.78 is 63.5. The molecule has 0 aliphatic heterocycles. The number of hydrogen-bond acceptors (Lipinski definition) is 5. The summed E-state index contributed by atoms with van der Waals surface area (Å²) in [6.07, 6.45) is -0.979. The zero-order valence-electron chi connectivity index (χ0n) is 16.4. The highest BCUT2D eigenvalue weighted by Crippen LogP contribution is 2.32. The summed E-state index contributed by atoms with van der Waals surface area (Å²) in [5.41, 5.74) is 5.52. The Morgan fingerprint density at radius 2 is 1.77 bits per heavy atom. The van der Waals surface area contributed by atoms with Gasteiger partial charge in [0.1, 0.15) is 6.33 Å². The van der Waals surface area contributed by atoms with Crippen LogP contribution >= 0.6 is 0 Å². The van der Waals surface area contributed by atoms with Crippen LogP contribution in [0, 0.1) is 6.92 Å². The number of nitrogens with zero attached hydrogens (tertiary/aromatic N) is 3. The molecule has 1 amide bonds. The first-order chi connectivity index (χ1) is 14.3. The van der Waals surface area contributed by atoms with Gasteiger partial charge in [-0.3, -0.25) is 4.79 Å². The normalized spacial score (nSPS) is 12.7. The second-order valence-corrected chi connectivity index (χ2v) is 8.85. The molecule has 2 N–H and O–H groups in total. The molecular formula is C20H17F3N4O3S. The second kappa shape index (κ2) is 7.99. The summed E-state index contributed by atoms with van der Waals surface area (Å²) >= 11 is 0. The molecule has 0 radical (unpaired) electrons. The Morgan fingerprint density at radius 1 is 1.13 bits per heavy atom. The maximum Gasteiger partial charge on any atom is 0.416 e. The van der Waals surface area contributed by atoms with Gasteiger partial charge in [-0.1, -0.05) is 12.1 Å². The molecule has 2 aromatic carbocycles. The van der Waals surface area contributed by atoms with Crippen molar-refractivity contribution in [2.45, 2.75) is 18.0 Å². The number of nitrogens with two attached hydrogens (primary N) is 1. The van der Waals surface area contributed by atoms with Gasteiger partial charge in [0.25, 0.3) is 5.91 Å². The monoisotopic (exact) mass is 450 g/mol. The van der Waals surface area contributed by atoms with Crippen molar-refractivity contribution >= 4 is 27.5 Å². The molecule has 0 spiro atoms. The van der Waals surface area contributed by atoms with Crippen LogP contribution in [0.2, 0.25) is 0 Å². The number of carbonyl (C=O) groups excluding carboxylic acids is 1. The lowest BCUT2D eigenvalue weighted by molar-refractivity contribution is -0.137. The number of halogens is 3. The highest BCUT2D eigenvalue weighted by atomic mass is 32.2. The van der Waals surface area contributed by atoms with Gasteiger partial charge in [0.2, 0.25) is 0 Å². The smallest absolute Gasteiger partial charge is 0.366 e. The van der Waals surface area contributed by atoms with Gasteiger partial charge in [-0.15, -0.1) is 5.10 Å². The third-order valence-corrected chi connectivity index (χ3v) is 5.42. The van der Waals surface area contributed by atoms with Crippen LogP contribution in [0.15, 0.2) is 53.7 Å². The molecule has 0 aliphatic carbocycles. The van der Waals surface area contributed by atoms with Gasteiger partial charge in [0.05, 0.1) is 16.0 Å². The van der Waals surface area contributed by atoms with Crippen molar-refractivity contribution in [1.82, 2.24) is 14.8 Å². The number of carbonyl (C=O) groups is 1. The van der Waals surface area contributed by atoms with E-state index in [0.29, 0.717) is 11.1 Å². The molecule has 0 unspecified atom stereocenters. The second-order valence-electron chi connectivity index (χ2n) is 6.84. The van der Waals surface area contributed by atoms with Gasteiger partial charge in [0, 0.05) is 18.0 Å². The first-order valence-corrected chi connectivity index (χ1v) is 10.7. The van der Waals surface area contributed by atoms with Gasteiger partial charge in [-0.25, -0.2) is 18.1 Å². The maximum absolute atomic E-state index is 13.1. The van der Waals surface area contributed by atoms with E-state index in [1.165, 1.54) is 49.8 Å². The summed E-state index contributed by atoms with van der Waals surface area (Å²) in [6.45, 7) is 1.53. The predicted molar refractivity (Wildman–Crippen MR) is 108 cm³/mol. The van der Waals surface area contributed by atoms with E-state index >= 15 is 0 Å². The van der Waals surface area contributed by atoms with Crippen LogP contribution in [-0.4, -0.2) is 35.3 Å². The van der Waals surface area contributed by atoms with E-state index in [1.54, 1.807) is 0 Å².